The van der Waals surface area contributed by atoms with Gasteiger partial charge in [-0.15, -0.1) is 0 Å². The van der Waals surface area contributed by atoms with Crippen LogP contribution in [-0.2, 0) is 37.8 Å². The first-order valence-corrected chi connectivity index (χ1v) is 8.43. The second kappa shape index (κ2) is 5.77. The molecular formula is C18H21NO7. The first-order chi connectivity index (χ1) is 12.0. The number of hydrogen-bond acceptors (Lipinski definition) is 7. The van der Waals surface area contributed by atoms with Gasteiger partial charge in [0.25, 0.3) is 5.56 Å². The van der Waals surface area contributed by atoms with E-state index < -0.39 is 40.4 Å². The van der Waals surface area contributed by atoms with Gasteiger partial charge < -0.3 is 19.1 Å². The Morgan fingerprint density at radius 3 is 2.62 bits per heavy atom. The molecule has 3 heterocycles. The fourth-order valence-electron chi connectivity index (χ4n) is 3.28. The molecule has 0 amide bonds. The van der Waals surface area contributed by atoms with Crippen molar-refractivity contribution in [3.05, 3.63) is 33.2 Å². The summed E-state index contributed by atoms with van der Waals surface area (Å²) in [4.78, 5) is 49.8. The van der Waals surface area contributed by atoms with E-state index in [1.807, 2.05) is 0 Å². The molecule has 8 nitrogen and oxygen atoms in total. The minimum Gasteiger partial charge on any atom is -0.459 e. The van der Waals surface area contributed by atoms with Gasteiger partial charge in [0.15, 0.2) is 11.4 Å². The summed E-state index contributed by atoms with van der Waals surface area (Å²) in [5.41, 5.74) is -3.10. The summed E-state index contributed by atoms with van der Waals surface area (Å²) < 4.78 is 11.4. The van der Waals surface area contributed by atoms with Crippen molar-refractivity contribution in [1.29, 1.82) is 0 Å². The molecule has 0 saturated heterocycles. The van der Waals surface area contributed by atoms with Gasteiger partial charge in [0.1, 0.15) is 18.1 Å². The third-order valence-corrected chi connectivity index (χ3v) is 4.67. The highest BCUT2D eigenvalue weighted by atomic mass is 16.6. The minimum atomic E-state index is -1.98. The fourth-order valence-corrected chi connectivity index (χ4v) is 3.28. The van der Waals surface area contributed by atoms with E-state index in [2.05, 4.69) is 0 Å². The maximum Gasteiger partial charge on any atom is 0.343 e. The van der Waals surface area contributed by atoms with E-state index in [-0.39, 0.29) is 36.4 Å². The SMILES string of the molecule is CC[C@@]1(O)C(=O)OCc2c1cc1n(c2=O)CC(C(=O)OC(C)(C)C)C1=O. The largest absolute Gasteiger partial charge is 0.459 e. The number of carbonyl (C=O) groups is 3. The number of Topliss-reactive ketones (excluding diaryl/α,β-unsaturated/α-hetero) is 1. The van der Waals surface area contributed by atoms with Crippen molar-refractivity contribution in [3.63, 3.8) is 0 Å². The standard InChI is InChI=1S/C18H21NO7/c1-5-18(24)11-6-12-13(20)9(15(22)26-17(2,3)4)7-19(12)14(21)10(11)8-25-16(18)23/h6,9,24H,5,7-8H2,1-4H3/t9?,18-/m0/s1. The van der Waals surface area contributed by atoms with Crippen molar-refractivity contribution in [2.45, 2.75) is 58.5 Å². The maximum absolute atomic E-state index is 12.8. The Labute approximate surface area is 149 Å². The van der Waals surface area contributed by atoms with Crippen molar-refractivity contribution in [3.8, 4) is 0 Å². The Balaban J connectivity index is 2.08. The molecule has 8 heteroatoms. The molecule has 1 unspecified atom stereocenters. The number of aromatic nitrogens is 1. The summed E-state index contributed by atoms with van der Waals surface area (Å²) >= 11 is 0. The van der Waals surface area contributed by atoms with Crippen LogP contribution in [-0.4, -0.2) is 33.0 Å². The van der Waals surface area contributed by atoms with Gasteiger partial charge in [0, 0.05) is 12.1 Å². The lowest BCUT2D eigenvalue weighted by Gasteiger charge is -2.31. The van der Waals surface area contributed by atoms with Crippen LogP contribution in [0.25, 0.3) is 0 Å². The van der Waals surface area contributed by atoms with Crippen LogP contribution in [0.4, 0.5) is 0 Å². The predicted molar refractivity (Wildman–Crippen MR) is 88.4 cm³/mol. The van der Waals surface area contributed by atoms with Crippen LogP contribution in [0.3, 0.4) is 0 Å². The van der Waals surface area contributed by atoms with Crippen LogP contribution in [0.5, 0.6) is 0 Å². The Bertz CT molecular complexity index is 877. The monoisotopic (exact) mass is 363 g/mol. The van der Waals surface area contributed by atoms with Gasteiger partial charge in [-0.05, 0) is 33.3 Å². The molecule has 2 atom stereocenters. The van der Waals surface area contributed by atoms with E-state index in [1.165, 1.54) is 10.6 Å². The maximum atomic E-state index is 12.8. The number of ketones is 1. The molecule has 0 saturated carbocycles. The summed E-state index contributed by atoms with van der Waals surface area (Å²) in [7, 11) is 0. The van der Waals surface area contributed by atoms with Gasteiger partial charge in [-0.3, -0.25) is 14.4 Å². The van der Waals surface area contributed by atoms with E-state index in [1.54, 1.807) is 27.7 Å². The molecule has 26 heavy (non-hydrogen) atoms. The third-order valence-electron chi connectivity index (χ3n) is 4.67. The number of esters is 2. The molecule has 0 fully saturated rings. The zero-order valence-electron chi connectivity index (χ0n) is 15.1. The minimum absolute atomic E-state index is 0.00816. The normalized spacial score (nSPS) is 24.7. The number of nitrogens with zero attached hydrogens (tertiary/aromatic N) is 1. The number of ether oxygens (including phenoxy) is 2. The first kappa shape index (κ1) is 18.3. The van der Waals surface area contributed by atoms with Crippen LogP contribution in [0.1, 0.15) is 55.7 Å². The molecule has 2 aliphatic heterocycles. The fraction of sp³-hybridized carbons (Fsp3) is 0.556. The van der Waals surface area contributed by atoms with Crippen molar-refractivity contribution < 1.29 is 29.0 Å². The van der Waals surface area contributed by atoms with E-state index in [0.29, 0.717) is 0 Å². The lowest BCUT2D eigenvalue weighted by atomic mass is 9.86. The molecule has 140 valence electrons. The number of pyridine rings is 1. The second-order valence-electron chi connectivity index (χ2n) is 7.58. The summed E-state index contributed by atoms with van der Waals surface area (Å²) in [5, 5.41) is 10.6. The highest BCUT2D eigenvalue weighted by Crippen LogP contribution is 2.35. The summed E-state index contributed by atoms with van der Waals surface area (Å²) in [5.74, 6) is -3.25. The number of hydrogen-bond donors (Lipinski definition) is 1. The van der Waals surface area contributed by atoms with Crippen LogP contribution >= 0.6 is 0 Å². The molecule has 0 aliphatic carbocycles. The number of aliphatic hydroxyl groups is 1. The van der Waals surface area contributed by atoms with Gasteiger partial charge in [-0.25, -0.2) is 4.79 Å². The van der Waals surface area contributed by atoms with Crippen LogP contribution in [0.2, 0.25) is 0 Å². The van der Waals surface area contributed by atoms with Crippen molar-refractivity contribution in [2.24, 2.45) is 5.92 Å². The second-order valence-corrected chi connectivity index (χ2v) is 7.58. The highest BCUT2D eigenvalue weighted by Gasteiger charge is 2.47. The molecule has 1 aromatic rings. The summed E-state index contributed by atoms with van der Waals surface area (Å²) in [6, 6.07) is 1.33. The van der Waals surface area contributed by atoms with Gasteiger partial charge >= 0.3 is 11.9 Å². The zero-order valence-corrected chi connectivity index (χ0v) is 15.1. The smallest absolute Gasteiger partial charge is 0.343 e. The van der Waals surface area contributed by atoms with Crippen molar-refractivity contribution in [1.82, 2.24) is 4.57 Å². The van der Waals surface area contributed by atoms with Gasteiger partial charge in [-0.1, -0.05) is 6.92 Å². The van der Waals surface area contributed by atoms with E-state index >= 15 is 0 Å². The molecule has 1 N–H and O–H groups in total. The van der Waals surface area contributed by atoms with Crippen LogP contribution < -0.4 is 5.56 Å². The number of rotatable bonds is 2. The molecular weight excluding hydrogens is 342 g/mol. The van der Waals surface area contributed by atoms with Gasteiger partial charge in [0.05, 0.1) is 11.3 Å². The molecule has 0 bridgehead atoms. The average Bonchev–Trinajstić information content (AvgIpc) is 2.88. The average molecular weight is 363 g/mol. The number of carbonyl (C=O) groups excluding carboxylic acids is 3. The van der Waals surface area contributed by atoms with E-state index in [4.69, 9.17) is 9.47 Å². The number of fused-ring (bicyclic) bond motifs is 2. The molecule has 0 spiro atoms. The molecule has 3 rings (SSSR count). The Hall–Kier alpha value is -2.48. The third kappa shape index (κ3) is 2.65. The van der Waals surface area contributed by atoms with Crippen molar-refractivity contribution in [2.75, 3.05) is 0 Å². The van der Waals surface area contributed by atoms with E-state index in [9.17, 15) is 24.3 Å². The van der Waals surface area contributed by atoms with Gasteiger partial charge in [-0.2, -0.15) is 0 Å². The van der Waals surface area contributed by atoms with Crippen LogP contribution in [0, 0.1) is 5.92 Å². The first-order valence-electron chi connectivity index (χ1n) is 8.43. The molecule has 0 radical (unpaired) electrons. The Morgan fingerprint density at radius 1 is 1.38 bits per heavy atom. The molecule has 0 aromatic carbocycles. The molecule has 1 aromatic heterocycles. The lowest BCUT2D eigenvalue weighted by molar-refractivity contribution is -0.172. The van der Waals surface area contributed by atoms with Crippen molar-refractivity contribution >= 4 is 17.7 Å². The van der Waals surface area contributed by atoms with E-state index in [0.717, 1.165) is 0 Å². The Morgan fingerprint density at radius 2 is 2.04 bits per heavy atom. The summed E-state index contributed by atoms with van der Waals surface area (Å²) in [6.45, 7) is 6.23. The highest BCUT2D eigenvalue weighted by molar-refractivity contribution is 6.09. The van der Waals surface area contributed by atoms with Crippen LogP contribution in [0.15, 0.2) is 10.9 Å². The topological polar surface area (TPSA) is 112 Å². The predicted octanol–water partition coefficient (Wildman–Crippen LogP) is 0.657. The quantitative estimate of drug-likeness (QED) is 0.607. The van der Waals surface area contributed by atoms with Gasteiger partial charge in [0.2, 0.25) is 0 Å². The zero-order chi connectivity index (χ0) is 19.4. The molecule has 2 aliphatic rings. The number of cyclic esters (lactones) is 1. The Kier molecular flexibility index (Phi) is 4.06. The summed E-state index contributed by atoms with van der Waals surface area (Å²) in [6.07, 6.45) is -0.00852. The lowest BCUT2D eigenvalue weighted by Crippen LogP contribution is -2.44.